The second kappa shape index (κ2) is 9.23. The zero-order valence-corrected chi connectivity index (χ0v) is 15.2. The summed E-state index contributed by atoms with van der Waals surface area (Å²) in [6, 6.07) is 4.14. The summed E-state index contributed by atoms with van der Waals surface area (Å²) in [6.07, 6.45) is 11.4. The van der Waals surface area contributed by atoms with Gasteiger partial charge < -0.3 is 10.6 Å². The lowest BCUT2D eigenvalue weighted by atomic mass is 10.1. The molecule has 1 aliphatic heterocycles. The lowest BCUT2D eigenvalue weighted by Gasteiger charge is -2.12. The lowest BCUT2D eigenvalue weighted by Crippen LogP contribution is -2.30. The van der Waals surface area contributed by atoms with Crippen molar-refractivity contribution in [2.75, 3.05) is 0 Å². The molecule has 2 aliphatic rings. The number of fused-ring (bicyclic) bond motifs is 2. The molecule has 0 saturated heterocycles. The minimum atomic E-state index is -0.394. The topological polar surface area (TPSA) is 41.1 Å². The van der Waals surface area contributed by atoms with E-state index in [0.29, 0.717) is 16.3 Å². The Balaban J connectivity index is 0.00000109. The molecule has 0 fully saturated rings. The van der Waals surface area contributed by atoms with Crippen molar-refractivity contribution in [2.45, 2.75) is 33.2 Å². The summed E-state index contributed by atoms with van der Waals surface area (Å²) in [7, 11) is 0. The second-order valence-corrected chi connectivity index (χ2v) is 5.85. The largest absolute Gasteiger partial charge is 0.354 e. The summed E-state index contributed by atoms with van der Waals surface area (Å²) in [6.45, 7) is 4.25. The van der Waals surface area contributed by atoms with Crippen LogP contribution in [0, 0.1) is 5.82 Å². The summed E-state index contributed by atoms with van der Waals surface area (Å²) in [5, 5.41) is 6.29. The van der Waals surface area contributed by atoms with Crippen LogP contribution in [-0.4, -0.2) is 5.91 Å². The summed E-state index contributed by atoms with van der Waals surface area (Å²) in [5.74, 6) is -0.600. The Hall–Kier alpha value is -2.33. The van der Waals surface area contributed by atoms with E-state index < -0.39 is 5.82 Å². The molecule has 0 atom stereocenters. The fourth-order valence-corrected chi connectivity index (χ4v) is 2.73. The Labute approximate surface area is 153 Å². The fourth-order valence-electron chi connectivity index (χ4n) is 2.49. The monoisotopic (exact) mass is 360 g/mol. The van der Waals surface area contributed by atoms with E-state index >= 15 is 0 Å². The highest BCUT2D eigenvalue weighted by molar-refractivity contribution is 6.31. The van der Waals surface area contributed by atoms with Crippen molar-refractivity contribution < 1.29 is 9.18 Å². The van der Waals surface area contributed by atoms with Crippen LogP contribution >= 0.6 is 11.6 Å². The van der Waals surface area contributed by atoms with Crippen molar-refractivity contribution in [3.63, 3.8) is 0 Å². The van der Waals surface area contributed by atoms with Crippen LogP contribution in [0.4, 0.5) is 4.39 Å². The molecule has 0 spiro atoms. The average Bonchev–Trinajstić information content (AvgIpc) is 2.97. The molecular weight excluding hydrogens is 339 g/mol. The molecule has 0 aromatic heterocycles. The Morgan fingerprint density at radius 1 is 1.28 bits per heavy atom. The first-order valence-corrected chi connectivity index (χ1v) is 8.74. The molecular formula is C20H22ClFN2O. The van der Waals surface area contributed by atoms with E-state index in [1.54, 1.807) is 6.07 Å². The highest BCUT2D eigenvalue weighted by Crippen LogP contribution is 2.22. The number of amides is 1. The van der Waals surface area contributed by atoms with Crippen LogP contribution in [0.2, 0.25) is 5.02 Å². The molecule has 1 aromatic rings. The Morgan fingerprint density at radius 2 is 2.04 bits per heavy atom. The van der Waals surface area contributed by atoms with Gasteiger partial charge in [-0.05, 0) is 30.2 Å². The molecule has 2 N–H and O–H groups in total. The maximum Gasteiger partial charge on any atom is 0.267 e. The normalized spacial score (nSPS) is 15.3. The van der Waals surface area contributed by atoms with Gasteiger partial charge in [0.25, 0.3) is 5.91 Å². The highest BCUT2D eigenvalue weighted by Gasteiger charge is 2.16. The van der Waals surface area contributed by atoms with Gasteiger partial charge in [-0.1, -0.05) is 61.4 Å². The van der Waals surface area contributed by atoms with Crippen molar-refractivity contribution in [1.29, 1.82) is 0 Å². The first kappa shape index (κ1) is 19.0. The molecule has 3 rings (SSSR count). The van der Waals surface area contributed by atoms with Gasteiger partial charge >= 0.3 is 0 Å². The first-order chi connectivity index (χ1) is 12.1. The van der Waals surface area contributed by atoms with Crippen LogP contribution in [-0.2, 0) is 11.3 Å². The van der Waals surface area contributed by atoms with Gasteiger partial charge in [0, 0.05) is 23.7 Å². The minimum Gasteiger partial charge on any atom is -0.354 e. The van der Waals surface area contributed by atoms with E-state index in [4.69, 9.17) is 11.6 Å². The minimum absolute atomic E-state index is 0.206. The van der Waals surface area contributed by atoms with E-state index in [1.165, 1.54) is 17.7 Å². The Bertz CT molecular complexity index is 763. The van der Waals surface area contributed by atoms with Gasteiger partial charge in [0.05, 0.1) is 0 Å². The Morgan fingerprint density at radius 3 is 2.80 bits per heavy atom. The van der Waals surface area contributed by atoms with Gasteiger partial charge in [-0.2, -0.15) is 0 Å². The number of benzene rings is 1. The lowest BCUT2D eigenvalue weighted by molar-refractivity contribution is -0.118. The summed E-state index contributed by atoms with van der Waals surface area (Å²) in [4.78, 5) is 12.4. The van der Waals surface area contributed by atoms with Gasteiger partial charge in [-0.25, -0.2) is 4.39 Å². The Kier molecular flexibility index (Phi) is 7.02. The third-order valence-corrected chi connectivity index (χ3v) is 4.07. The smallest absolute Gasteiger partial charge is 0.267 e. The maximum absolute atomic E-state index is 13.0. The SMILES string of the molecule is CC.O=C(NCc1ccc(F)cc1Cl)C1=CCC2=CC=CC=C(C2)N1. The zero-order valence-electron chi connectivity index (χ0n) is 14.4. The quantitative estimate of drug-likeness (QED) is 0.815. The molecule has 1 amide bonds. The average molecular weight is 361 g/mol. The second-order valence-electron chi connectivity index (χ2n) is 5.44. The van der Waals surface area contributed by atoms with Gasteiger partial charge in [-0.3, -0.25) is 4.79 Å². The van der Waals surface area contributed by atoms with Gasteiger partial charge in [0.1, 0.15) is 11.5 Å². The van der Waals surface area contributed by atoms with E-state index in [9.17, 15) is 9.18 Å². The van der Waals surface area contributed by atoms with Crippen molar-refractivity contribution in [2.24, 2.45) is 0 Å². The highest BCUT2D eigenvalue weighted by atomic mass is 35.5. The number of carbonyl (C=O) groups excluding carboxylic acids is 1. The third-order valence-electron chi connectivity index (χ3n) is 3.72. The molecule has 1 aliphatic carbocycles. The van der Waals surface area contributed by atoms with Gasteiger partial charge in [0.15, 0.2) is 0 Å². The van der Waals surface area contributed by atoms with Crippen LogP contribution in [0.5, 0.6) is 0 Å². The summed E-state index contributed by atoms with van der Waals surface area (Å²) >= 11 is 5.97. The number of hydrogen-bond donors (Lipinski definition) is 2. The first-order valence-electron chi connectivity index (χ1n) is 8.36. The molecule has 132 valence electrons. The van der Waals surface area contributed by atoms with Crippen LogP contribution in [0.25, 0.3) is 0 Å². The van der Waals surface area contributed by atoms with Crippen molar-refractivity contribution in [1.82, 2.24) is 10.6 Å². The number of nitrogens with one attached hydrogen (secondary N) is 2. The van der Waals surface area contributed by atoms with E-state index in [-0.39, 0.29) is 12.5 Å². The van der Waals surface area contributed by atoms with Crippen LogP contribution in [0.15, 0.2) is 65.5 Å². The molecule has 25 heavy (non-hydrogen) atoms. The molecule has 0 unspecified atom stereocenters. The van der Waals surface area contributed by atoms with Crippen LogP contribution < -0.4 is 10.6 Å². The number of halogens is 2. The van der Waals surface area contributed by atoms with Gasteiger partial charge in [-0.15, -0.1) is 0 Å². The molecule has 1 heterocycles. The fraction of sp³-hybridized carbons (Fsp3) is 0.250. The molecule has 1 aromatic carbocycles. The molecule has 5 heteroatoms. The predicted octanol–water partition coefficient (Wildman–Crippen LogP) is 4.77. The van der Waals surface area contributed by atoms with E-state index in [0.717, 1.165) is 18.5 Å². The van der Waals surface area contributed by atoms with E-state index in [1.807, 2.05) is 38.2 Å². The summed E-state index contributed by atoms with van der Waals surface area (Å²) < 4.78 is 13.0. The van der Waals surface area contributed by atoms with E-state index in [2.05, 4.69) is 16.7 Å². The number of allylic oxidation sites excluding steroid dienone is 6. The molecule has 2 bridgehead atoms. The summed E-state index contributed by atoms with van der Waals surface area (Å²) in [5.41, 5.74) is 3.44. The van der Waals surface area contributed by atoms with Gasteiger partial charge in [0.2, 0.25) is 0 Å². The molecule has 3 nitrogen and oxygen atoms in total. The van der Waals surface area contributed by atoms with Crippen molar-refractivity contribution >= 4 is 17.5 Å². The molecule has 0 saturated carbocycles. The standard InChI is InChI=1S/C18H16ClFN2O.C2H6/c19-16-10-14(20)7-6-13(16)11-21-18(23)17-8-5-12-3-1-2-4-15(9-12)22-17;1-2/h1-4,6-8,10,22H,5,9,11H2,(H,21,23);1-2H3. The third kappa shape index (κ3) is 5.33. The zero-order chi connectivity index (χ0) is 18.2. The van der Waals surface area contributed by atoms with Crippen LogP contribution in [0.3, 0.4) is 0 Å². The number of carbonyl (C=O) groups is 1. The van der Waals surface area contributed by atoms with Crippen LogP contribution in [0.1, 0.15) is 32.3 Å². The maximum atomic E-state index is 13.0. The number of rotatable bonds is 3. The van der Waals surface area contributed by atoms with Crippen molar-refractivity contribution in [3.05, 3.63) is 81.9 Å². The number of hydrogen-bond acceptors (Lipinski definition) is 2. The van der Waals surface area contributed by atoms with Crippen molar-refractivity contribution in [3.8, 4) is 0 Å². The molecule has 0 radical (unpaired) electrons. The predicted molar refractivity (Wildman–Crippen MR) is 100 cm³/mol.